The van der Waals surface area contributed by atoms with E-state index in [-0.39, 0.29) is 5.91 Å². The molecule has 2 rings (SSSR count). The van der Waals surface area contributed by atoms with Crippen LogP contribution in [0.25, 0.3) is 0 Å². The first-order chi connectivity index (χ1) is 15.6. The number of carbonyl (C=O) groups excluding carboxylic acids is 3. The van der Waals surface area contributed by atoms with Crippen LogP contribution in [0.2, 0.25) is 5.02 Å². The van der Waals surface area contributed by atoms with Crippen molar-refractivity contribution in [2.24, 2.45) is 0 Å². The van der Waals surface area contributed by atoms with Gasteiger partial charge in [-0.05, 0) is 57.9 Å². The molecule has 0 radical (unpaired) electrons. The third-order valence-corrected chi connectivity index (χ3v) is 4.84. The Kier molecular flexibility index (Phi) is 9.66. The summed E-state index contributed by atoms with van der Waals surface area (Å²) >= 11 is 6.03. The van der Waals surface area contributed by atoms with Crippen LogP contribution < -0.4 is 10.6 Å². The number of carbonyl (C=O) groups is 3. The molecule has 1 atom stereocenters. The van der Waals surface area contributed by atoms with E-state index >= 15 is 0 Å². The van der Waals surface area contributed by atoms with Crippen molar-refractivity contribution in [3.05, 3.63) is 64.9 Å². The highest BCUT2D eigenvalue weighted by Crippen LogP contribution is 2.15. The summed E-state index contributed by atoms with van der Waals surface area (Å²) in [7, 11) is 0. The number of pyridine rings is 1. The molecule has 1 aromatic heterocycles. The van der Waals surface area contributed by atoms with Crippen LogP contribution in [0.15, 0.2) is 48.8 Å². The fourth-order valence-corrected chi connectivity index (χ4v) is 3.11. The van der Waals surface area contributed by atoms with E-state index in [1.165, 1.54) is 0 Å². The second kappa shape index (κ2) is 12.2. The van der Waals surface area contributed by atoms with Gasteiger partial charge in [0, 0.05) is 25.5 Å². The molecule has 0 saturated heterocycles. The number of nitrogens with one attached hydrogen (secondary N) is 2. The molecule has 0 fully saturated rings. The maximum Gasteiger partial charge on any atom is 0.410 e. The Morgan fingerprint density at radius 1 is 1.15 bits per heavy atom. The zero-order valence-electron chi connectivity index (χ0n) is 19.4. The van der Waals surface area contributed by atoms with Crippen LogP contribution in [-0.2, 0) is 16.1 Å². The normalized spacial score (nSPS) is 11.9. The molecule has 2 N–H and O–H groups in total. The SMILES string of the molecule is CC(NC(=O)c1ccccc1Cl)C(=O)NCCCN(Cc1cccnc1)C(=O)OC(C)(C)C. The molecule has 1 unspecified atom stereocenters. The van der Waals surface area contributed by atoms with Gasteiger partial charge < -0.3 is 20.3 Å². The molecule has 0 aliphatic carbocycles. The monoisotopic (exact) mass is 474 g/mol. The number of benzene rings is 1. The first-order valence-electron chi connectivity index (χ1n) is 10.8. The van der Waals surface area contributed by atoms with E-state index in [1.54, 1.807) is 54.5 Å². The molecule has 8 nitrogen and oxygen atoms in total. The van der Waals surface area contributed by atoms with Crippen LogP contribution in [0.1, 0.15) is 50.0 Å². The van der Waals surface area contributed by atoms with Crippen LogP contribution in [0, 0.1) is 0 Å². The number of hydrogen-bond donors (Lipinski definition) is 2. The lowest BCUT2D eigenvalue weighted by molar-refractivity contribution is -0.122. The van der Waals surface area contributed by atoms with Crippen LogP contribution >= 0.6 is 11.6 Å². The molecule has 0 saturated carbocycles. The Morgan fingerprint density at radius 3 is 2.52 bits per heavy atom. The highest BCUT2D eigenvalue weighted by Gasteiger charge is 2.23. The molecule has 33 heavy (non-hydrogen) atoms. The third-order valence-electron chi connectivity index (χ3n) is 4.51. The van der Waals surface area contributed by atoms with Gasteiger partial charge in [-0.2, -0.15) is 0 Å². The number of rotatable bonds is 9. The number of aromatic nitrogens is 1. The molecule has 9 heteroatoms. The van der Waals surface area contributed by atoms with E-state index in [9.17, 15) is 14.4 Å². The summed E-state index contributed by atoms with van der Waals surface area (Å²) in [6.07, 6.45) is 3.44. The highest BCUT2D eigenvalue weighted by atomic mass is 35.5. The Labute approximate surface area is 199 Å². The van der Waals surface area contributed by atoms with Gasteiger partial charge in [0.25, 0.3) is 5.91 Å². The molecule has 0 aliphatic rings. The van der Waals surface area contributed by atoms with E-state index in [0.29, 0.717) is 36.6 Å². The Bertz CT molecular complexity index is 947. The molecule has 0 bridgehead atoms. The molecule has 0 spiro atoms. The van der Waals surface area contributed by atoms with Gasteiger partial charge in [0.1, 0.15) is 11.6 Å². The van der Waals surface area contributed by atoms with Crippen molar-refractivity contribution in [3.63, 3.8) is 0 Å². The summed E-state index contributed by atoms with van der Waals surface area (Å²) in [5.74, 6) is -0.748. The highest BCUT2D eigenvalue weighted by molar-refractivity contribution is 6.33. The number of nitrogens with zero attached hydrogens (tertiary/aromatic N) is 2. The predicted molar refractivity (Wildman–Crippen MR) is 127 cm³/mol. The van der Waals surface area contributed by atoms with Gasteiger partial charge in [-0.15, -0.1) is 0 Å². The maximum atomic E-state index is 12.6. The minimum atomic E-state index is -0.744. The molecule has 2 aromatic rings. The van der Waals surface area contributed by atoms with Crippen molar-refractivity contribution in [2.45, 2.75) is 52.3 Å². The first kappa shape index (κ1) is 26.1. The number of halogens is 1. The first-order valence-corrected chi connectivity index (χ1v) is 11.1. The number of amides is 3. The Balaban J connectivity index is 1.85. The lowest BCUT2D eigenvalue weighted by atomic mass is 10.2. The lowest BCUT2D eigenvalue weighted by Gasteiger charge is -2.27. The zero-order valence-corrected chi connectivity index (χ0v) is 20.2. The van der Waals surface area contributed by atoms with Crippen molar-refractivity contribution in [2.75, 3.05) is 13.1 Å². The molecule has 3 amide bonds. The smallest absolute Gasteiger partial charge is 0.410 e. The average Bonchev–Trinajstić information content (AvgIpc) is 2.75. The van der Waals surface area contributed by atoms with Crippen LogP contribution in [-0.4, -0.2) is 52.5 Å². The topological polar surface area (TPSA) is 101 Å². The van der Waals surface area contributed by atoms with Crippen molar-refractivity contribution >= 4 is 29.5 Å². The van der Waals surface area contributed by atoms with E-state index in [1.807, 2.05) is 26.8 Å². The lowest BCUT2D eigenvalue weighted by Crippen LogP contribution is -2.45. The van der Waals surface area contributed by atoms with Crippen LogP contribution in [0.5, 0.6) is 0 Å². The predicted octanol–water partition coefficient (Wildman–Crippen LogP) is 3.80. The molecule has 1 heterocycles. The molecule has 0 aliphatic heterocycles. The van der Waals surface area contributed by atoms with Gasteiger partial charge in [-0.1, -0.05) is 29.8 Å². The summed E-state index contributed by atoms with van der Waals surface area (Å²) in [6.45, 7) is 8.09. The van der Waals surface area contributed by atoms with E-state index in [4.69, 9.17) is 16.3 Å². The number of ether oxygens (including phenoxy) is 1. The molecular formula is C24H31ClN4O4. The largest absolute Gasteiger partial charge is 0.444 e. The van der Waals surface area contributed by atoms with Crippen molar-refractivity contribution < 1.29 is 19.1 Å². The summed E-state index contributed by atoms with van der Waals surface area (Å²) in [5.41, 5.74) is 0.568. The quantitative estimate of drug-likeness (QED) is 0.538. The summed E-state index contributed by atoms with van der Waals surface area (Å²) in [4.78, 5) is 43.0. The van der Waals surface area contributed by atoms with E-state index in [0.717, 1.165) is 5.56 Å². The molecular weight excluding hydrogens is 444 g/mol. The summed E-state index contributed by atoms with van der Waals surface area (Å²) in [6, 6.07) is 9.58. The van der Waals surface area contributed by atoms with Crippen LogP contribution in [0.3, 0.4) is 0 Å². The fourth-order valence-electron chi connectivity index (χ4n) is 2.89. The summed E-state index contributed by atoms with van der Waals surface area (Å²) in [5, 5.41) is 5.74. The minimum absolute atomic E-state index is 0.308. The van der Waals surface area contributed by atoms with E-state index < -0.39 is 23.6 Å². The standard InChI is InChI=1S/C24H31ClN4O4/c1-17(28-22(31)19-10-5-6-11-20(19)25)21(30)27-13-8-14-29(23(32)33-24(2,3)4)16-18-9-7-12-26-15-18/h5-7,9-12,15,17H,8,13-14,16H2,1-4H3,(H,27,30)(H,28,31). The molecule has 1 aromatic carbocycles. The Hall–Kier alpha value is -3.13. The second-order valence-corrected chi connectivity index (χ2v) is 8.99. The Morgan fingerprint density at radius 2 is 1.88 bits per heavy atom. The number of hydrogen-bond acceptors (Lipinski definition) is 5. The zero-order chi connectivity index (χ0) is 24.4. The van der Waals surface area contributed by atoms with Gasteiger partial charge in [-0.3, -0.25) is 14.6 Å². The van der Waals surface area contributed by atoms with Gasteiger partial charge >= 0.3 is 6.09 Å². The van der Waals surface area contributed by atoms with Crippen molar-refractivity contribution in [3.8, 4) is 0 Å². The summed E-state index contributed by atoms with van der Waals surface area (Å²) < 4.78 is 5.50. The van der Waals surface area contributed by atoms with Crippen LogP contribution in [0.4, 0.5) is 4.79 Å². The maximum absolute atomic E-state index is 12.6. The van der Waals surface area contributed by atoms with Crippen molar-refractivity contribution in [1.82, 2.24) is 20.5 Å². The van der Waals surface area contributed by atoms with Gasteiger partial charge in [0.05, 0.1) is 17.1 Å². The van der Waals surface area contributed by atoms with Gasteiger partial charge in [0.2, 0.25) is 5.91 Å². The fraction of sp³-hybridized carbons (Fsp3) is 0.417. The molecule has 178 valence electrons. The van der Waals surface area contributed by atoms with Crippen molar-refractivity contribution in [1.29, 1.82) is 0 Å². The third kappa shape index (κ3) is 9.10. The van der Waals surface area contributed by atoms with Gasteiger partial charge in [0.15, 0.2) is 0 Å². The minimum Gasteiger partial charge on any atom is -0.444 e. The van der Waals surface area contributed by atoms with E-state index in [2.05, 4.69) is 15.6 Å². The van der Waals surface area contributed by atoms with Gasteiger partial charge in [-0.25, -0.2) is 4.79 Å². The second-order valence-electron chi connectivity index (χ2n) is 8.58. The average molecular weight is 475 g/mol.